The molecule has 14 heteroatoms. The van der Waals surface area contributed by atoms with Crippen LogP contribution in [0.3, 0.4) is 0 Å². The van der Waals surface area contributed by atoms with Crippen LogP contribution in [-0.4, -0.2) is 80.6 Å². The standard InChI is InChI=1S/C30H31NO10S3/c1-14-10-11-16-15(13-14)18-23(29(2,3)31(16)24(32)17-9-8-12-41-17)42-20(26(34)38-5)19(25(33)37-4)30(18)43-21(27(35)39-6)22(44-30)28(36)40-7/h10-11,13,17H,8-9,12H2,1-7H3/t17-/m0/s1. The van der Waals surface area contributed by atoms with Crippen LogP contribution in [0.15, 0.2) is 43.4 Å². The SMILES string of the molecule is COC(=O)C1=C(C(=O)OC)SC2(S1)C(C(=O)OC)=C(C(=O)OC)SC1=C2c2cc(C)ccc2N(C(=O)[C@@H]2CCCO2)C1(C)C. The van der Waals surface area contributed by atoms with Crippen LogP contribution in [0.2, 0.25) is 0 Å². The number of esters is 4. The van der Waals surface area contributed by atoms with Crippen molar-refractivity contribution in [1.82, 2.24) is 0 Å². The van der Waals surface area contributed by atoms with Crippen molar-refractivity contribution in [3.63, 3.8) is 0 Å². The second kappa shape index (κ2) is 12.0. The Balaban J connectivity index is 1.88. The van der Waals surface area contributed by atoms with Crippen molar-refractivity contribution in [2.75, 3.05) is 39.9 Å². The van der Waals surface area contributed by atoms with E-state index in [-0.39, 0.29) is 26.2 Å². The summed E-state index contributed by atoms with van der Waals surface area (Å²) < 4.78 is 24.6. The van der Waals surface area contributed by atoms with Gasteiger partial charge >= 0.3 is 23.9 Å². The van der Waals surface area contributed by atoms with E-state index in [1.54, 1.807) is 4.90 Å². The minimum Gasteiger partial charge on any atom is -0.466 e. The van der Waals surface area contributed by atoms with Crippen molar-refractivity contribution in [3.8, 4) is 0 Å². The molecule has 1 saturated heterocycles. The molecule has 0 aromatic heterocycles. The first-order valence-electron chi connectivity index (χ1n) is 13.6. The summed E-state index contributed by atoms with van der Waals surface area (Å²) in [5.74, 6) is -3.56. The second-order valence-corrected chi connectivity index (χ2v) is 14.4. The summed E-state index contributed by atoms with van der Waals surface area (Å²) in [6.07, 6.45) is 0.666. The van der Waals surface area contributed by atoms with E-state index < -0.39 is 39.6 Å². The number of anilines is 1. The number of hydrogen-bond acceptors (Lipinski definition) is 13. The van der Waals surface area contributed by atoms with Gasteiger partial charge in [0.15, 0.2) is 0 Å². The van der Waals surface area contributed by atoms with Crippen LogP contribution in [0.25, 0.3) is 5.57 Å². The lowest BCUT2D eigenvalue weighted by Crippen LogP contribution is -2.56. The highest BCUT2D eigenvalue weighted by Gasteiger charge is 2.62. The van der Waals surface area contributed by atoms with Crippen molar-refractivity contribution in [2.24, 2.45) is 0 Å². The highest BCUT2D eigenvalue weighted by molar-refractivity contribution is 8.26. The number of methoxy groups -OCH3 is 4. The maximum absolute atomic E-state index is 14.2. The predicted octanol–water partition coefficient (Wildman–Crippen LogP) is 4.09. The van der Waals surface area contributed by atoms with Gasteiger partial charge in [-0.3, -0.25) is 9.69 Å². The Morgan fingerprint density at radius 1 is 0.864 bits per heavy atom. The Labute approximate surface area is 267 Å². The molecule has 4 aliphatic rings. The summed E-state index contributed by atoms with van der Waals surface area (Å²) in [5.41, 5.74) is 1.31. The van der Waals surface area contributed by atoms with Crippen molar-refractivity contribution >= 4 is 76.3 Å². The van der Waals surface area contributed by atoms with Gasteiger partial charge in [-0.1, -0.05) is 46.9 Å². The summed E-state index contributed by atoms with van der Waals surface area (Å²) in [4.78, 5) is 69.5. The fourth-order valence-corrected chi connectivity index (χ4v) is 10.8. The van der Waals surface area contributed by atoms with Crippen molar-refractivity contribution in [3.05, 3.63) is 54.5 Å². The summed E-state index contributed by atoms with van der Waals surface area (Å²) >= 11 is 2.79. The Morgan fingerprint density at radius 2 is 1.43 bits per heavy atom. The average Bonchev–Trinajstić information content (AvgIpc) is 3.69. The number of fused-ring (bicyclic) bond motifs is 3. The van der Waals surface area contributed by atoms with Gasteiger partial charge in [0.2, 0.25) is 0 Å². The Morgan fingerprint density at radius 3 is 1.95 bits per heavy atom. The molecule has 1 aromatic rings. The monoisotopic (exact) mass is 661 g/mol. The number of hydrogen-bond donors (Lipinski definition) is 0. The lowest BCUT2D eigenvalue weighted by Gasteiger charge is -2.51. The Hall–Kier alpha value is -3.20. The number of ether oxygens (including phenoxy) is 5. The van der Waals surface area contributed by atoms with E-state index in [4.69, 9.17) is 23.7 Å². The molecule has 11 nitrogen and oxygen atoms in total. The number of benzene rings is 1. The number of carbonyl (C=O) groups excluding carboxylic acids is 5. The molecule has 0 N–H and O–H groups in total. The van der Waals surface area contributed by atoms with E-state index in [1.807, 2.05) is 39.0 Å². The van der Waals surface area contributed by atoms with Crippen molar-refractivity contribution in [2.45, 2.75) is 49.3 Å². The zero-order chi connectivity index (χ0) is 32.1. The quantitative estimate of drug-likeness (QED) is 0.332. The number of carbonyl (C=O) groups is 5. The van der Waals surface area contributed by atoms with Crippen LogP contribution >= 0.6 is 35.3 Å². The third-order valence-electron chi connectivity index (χ3n) is 7.72. The van der Waals surface area contributed by atoms with E-state index in [2.05, 4.69) is 0 Å². The molecule has 4 aliphatic heterocycles. The summed E-state index contributed by atoms with van der Waals surface area (Å²) in [6, 6.07) is 5.59. The van der Waals surface area contributed by atoms with Crippen LogP contribution in [-0.2, 0) is 47.7 Å². The van der Waals surface area contributed by atoms with Gasteiger partial charge in [0, 0.05) is 22.6 Å². The van der Waals surface area contributed by atoms with E-state index in [0.717, 1.165) is 47.3 Å². The topological polar surface area (TPSA) is 135 Å². The van der Waals surface area contributed by atoms with E-state index >= 15 is 0 Å². The highest BCUT2D eigenvalue weighted by atomic mass is 32.2. The molecule has 1 amide bonds. The van der Waals surface area contributed by atoms with Gasteiger partial charge in [0.05, 0.1) is 45.2 Å². The zero-order valence-corrected chi connectivity index (χ0v) is 27.6. The molecule has 44 heavy (non-hydrogen) atoms. The van der Waals surface area contributed by atoms with E-state index in [0.29, 0.717) is 34.8 Å². The molecule has 0 saturated carbocycles. The first-order chi connectivity index (χ1) is 20.9. The molecule has 0 radical (unpaired) electrons. The molecule has 1 fully saturated rings. The molecular weight excluding hydrogens is 631 g/mol. The lowest BCUT2D eigenvalue weighted by molar-refractivity contribution is -0.138. The van der Waals surface area contributed by atoms with Crippen LogP contribution in [0, 0.1) is 6.92 Å². The lowest BCUT2D eigenvalue weighted by atomic mass is 9.82. The van der Waals surface area contributed by atoms with Crippen molar-refractivity contribution < 1.29 is 47.7 Å². The van der Waals surface area contributed by atoms with Gasteiger partial charge in [0.1, 0.15) is 24.9 Å². The maximum Gasteiger partial charge on any atom is 0.345 e. The fraction of sp³-hybridized carbons (Fsp3) is 0.433. The van der Waals surface area contributed by atoms with E-state index in [1.165, 1.54) is 28.4 Å². The highest BCUT2D eigenvalue weighted by Crippen LogP contribution is 2.71. The molecule has 1 spiro atoms. The number of nitrogens with zero attached hydrogens (tertiary/aromatic N) is 1. The minimum atomic E-state index is -1.62. The molecule has 1 atom stereocenters. The summed E-state index contributed by atoms with van der Waals surface area (Å²) in [7, 11) is 4.72. The molecule has 5 rings (SSSR count). The smallest absolute Gasteiger partial charge is 0.345 e. The first kappa shape index (κ1) is 32.2. The fourth-order valence-electron chi connectivity index (χ4n) is 5.74. The number of aryl methyl sites for hydroxylation is 1. The van der Waals surface area contributed by atoms with Gasteiger partial charge in [-0.05, 0) is 45.7 Å². The van der Waals surface area contributed by atoms with Gasteiger partial charge in [0.25, 0.3) is 5.91 Å². The molecule has 0 aliphatic carbocycles. The molecular formula is C30H31NO10S3. The number of thioether (sulfide) groups is 3. The predicted molar refractivity (Wildman–Crippen MR) is 166 cm³/mol. The summed E-state index contributed by atoms with van der Waals surface area (Å²) in [5, 5.41) is 0. The summed E-state index contributed by atoms with van der Waals surface area (Å²) in [6.45, 7) is 6.05. The van der Waals surface area contributed by atoms with Crippen LogP contribution in [0.5, 0.6) is 0 Å². The second-order valence-electron chi connectivity index (χ2n) is 10.7. The van der Waals surface area contributed by atoms with Crippen LogP contribution in [0.4, 0.5) is 5.69 Å². The molecule has 234 valence electrons. The third-order valence-corrected chi connectivity index (χ3v) is 12.4. The molecule has 4 heterocycles. The van der Waals surface area contributed by atoms with Gasteiger partial charge in [-0.25, -0.2) is 19.2 Å². The van der Waals surface area contributed by atoms with Crippen molar-refractivity contribution in [1.29, 1.82) is 0 Å². The minimum absolute atomic E-state index is 0.0953. The molecule has 0 bridgehead atoms. The molecule has 0 unspecified atom stereocenters. The first-order valence-corrected chi connectivity index (χ1v) is 16.0. The normalized spacial score (nSPS) is 21.6. The Kier molecular flexibility index (Phi) is 8.75. The third kappa shape index (κ3) is 4.86. The Bertz CT molecular complexity index is 1560. The largest absolute Gasteiger partial charge is 0.466 e. The average molecular weight is 662 g/mol. The number of rotatable bonds is 5. The van der Waals surface area contributed by atoms with E-state index in [9.17, 15) is 24.0 Å². The zero-order valence-electron chi connectivity index (χ0n) is 25.2. The number of amides is 1. The van der Waals surface area contributed by atoms with Gasteiger partial charge in [-0.15, -0.1) is 0 Å². The van der Waals surface area contributed by atoms with Gasteiger partial charge in [-0.2, -0.15) is 0 Å². The molecule has 1 aromatic carbocycles. The van der Waals surface area contributed by atoms with Crippen LogP contribution in [0.1, 0.15) is 37.8 Å². The van der Waals surface area contributed by atoms with Gasteiger partial charge < -0.3 is 23.7 Å². The van der Waals surface area contributed by atoms with Crippen LogP contribution < -0.4 is 4.90 Å². The maximum atomic E-state index is 14.2.